The number of amides is 1. The predicted molar refractivity (Wildman–Crippen MR) is 65.5 cm³/mol. The number of carbonyl (C=O) groups is 1. The zero-order chi connectivity index (χ0) is 12.3. The summed E-state index contributed by atoms with van der Waals surface area (Å²) in [5.74, 6) is 0. The van der Waals surface area contributed by atoms with Crippen LogP contribution in [0.15, 0.2) is 0 Å². The van der Waals surface area contributed by atoms with Crippen molar-refractivity contribution >= 4 is 6.09 Å². The third kappa shape index (κ3) is 3.13. The van der Waals surface area contributed by atoms with Gasteiger partial charge >= 0.3 is 6.09 Å². The van der Waals surface area contributed by atoms with Gasteiger partial charge < -0.3 is 9.64 Å². The van der Waals surface area contributed by atoms with E-state index in [9.17, 15) is 4.79 Å². The molecular weight excluding hydrogens is 202 g/mol. The molecule has 0 saturated carbocycles. The van der Waals surface area contributed by atoms with Gasteiger partial charge in [-0.1, -0.05) is 13.8 Å². The second-order valence-electron chi connectivity index (χ2n) is 5.59. The lowest BCUT2D eigenvalue weighted by Gasteiger charge is -2.32. The monoisotopic (exact) mass is 227 g/mol. The Morgan fingerprint density at radius 3 is 1.94 bits per heavy atom. The van der Waals surface area contributed by atoms with Crippen molar-refractivity contribution in [1.29, 1.82) is 0 Å². The molecule has 1 saturated heterocycles. The standard InChI is InChI=1S/C13H25NO2/c1-6-10-8-9-11(7-2)14(10)12(15)16-13(3,4)5/h10-11H,6-9H2,1-5H3. The minimum Gasteiger partial charge on any atom is -0.444 e. The van der Waals surface area contributed by atoms with Gasteiger partial charge in [-0.25, -0.2) is 4.79 Å². The summed E-state index contributed by atoms with van der Waals surface area (Å²) in [4.78, 5) is 14.1. The summed E-state index contributed by atoms with van der Waals surface area (Å²) < 4.78 is 5.47. The zero-order valence-corrected chi connectivity index (χ0v) is 11.2. The van der Waals surface area contributed by atoms with E-state index in [1.54, 1.807) is 0 Å². The topological polar surface area (TPSA) is 29.5 Å². The molecule has 3 nitrogen and oxygen atoms in total. The molecule has 0 aliphatic carbocycles. The first kappa shape index (κ1) is 13.3. The number of likely N-dealkylation sites (tertiary alicyclic amines) is 1. The molecule has 1 rings (SSSR count). The highest BCUT2D eigenvalue weighted by Gasteiger charge is 2.37. The van der Waals surface area contributed by atoms with Crippen molar-refractivity contribution in [2.75, 3.05) is 0 Å². The Kier molecular flexibility index (Phi) is 4.22. The SMILES string of the molecule is CCC1CCC(CC)N1C(=O)OC(C)(C)C. The Labute approximate surface area is 99.1 Å². The largest absolute Gasteiger partial charge is 0.444 e. The van der Waals surface area contributed by atoms with Gasteiger partial charge in [0.1, 0.15) is 5.60 Å². The second-order valence-corrected chi connectivity index (χ2v) is 5.59. The Bertz CT molecular complexity index is 233. The van der Waals surface area contributed by atoms with Crippen molar-refractivity contribution in [3.05, 3.63) is 0 Å². The molecule has 0 radical (unpaired) electrons. The number of ether oxygens (including phenoxy) is 1. The van der Waals surface area contributed by atoms with Crippen LogP contribution in [0.4, 0.5) is 4.79 Å². The lowest BCUT2D eigenvalue weighted by atomic mass is 10.1. The highest BCUT2D eigenvalue weighted by molar-refractivity contribution is 5.69. The average molecular weight is 227 g/mol. The molecule has 0 N–H and O–H groups in total. The van der Waals surface area contributed by atoms with E-state index >= 15 is 0 Å². The maximum Gasteiger partial charge on any atom is 0.410 e. The Balaban J connectivity index is 2.70. The number of nitrogens with zero attached hydrogens (tertiary/aromatic N) is 1. The fourth-order valence-corrected chi connectivity index (χ4v) is 2.38. The third-order valence-corrected chi connectivity index (χ3v) is 3.17. The predicted octanol–water partition coefficient (Wildman–Crippen LogP) is 3.57. The minimum absolute atomic E-state index is 0.135. The first-order valence-corrected chi connectivity index (χ1v) is 6.40. The number of hydrogen-bond donors (Lipinski definition) is 0. The second kappa shape index (κ2) is 5.07. The van der Waals surface area contributed by atoms with Gasteiger partial charge in [-0.2, -0.15) is 0 Å². The summed E-state index contributed by atoms with van der Waals surface area (Å²) >= 11 is 0. The van der Waals surface area contributed by atoms with Crippen molar-refractivity contribution < 1.29 is 9.53 Å². The first-order valence-electron chi connectivity index (χ1n) is 6.40. The van der Waals surface area contributed by atoms with E-state index in [1.807, 2.05) is 25.7 Å². The molecule has 3 heteroatoms. The quantitative estimate of drug-likeness (QED) is 0.721. The molecule has 1 aliphatic rings. The van der Waals surface area contributed by atoms with Crippen LogP contribution in [0.25, 0.3) is 0 Å². The summed E-state index contributed by atoms with van der Waals surface area (Å²) in [7, 11) is 0. The van der Waals surface area contributed by atoms with Crippen molar-refractivity contribution in [3.63, 3.8) is 0 Å². The Hall–Kier alpha value is -0.730. The van der Waals surface area contributed by atoms with E-state index in [1.165, 1.54) is 0 Å². The zero-order valence-electron chi connectivity index (χ0n) is 11.2. The molecule has 2 unspecified atom stereocenters. The third-order valence-electron chi connectivity index (χ3n) is 3.17. The van der Waals surface area contributed by atoms with Crippen molar-refractivity contribution in [2.24, 2.45) is 0 Å². The maximum absolute atomic E-state index is 12.1. The lowest BCUT2D eigenvalue weighted by molar-refractivity contribution is 0.0140. The van der Waals surface area contributed by atoms with Gasteiger partial charge in [0.15, 0.2) is 0 Å². The van der Waals surface area contributed by atoms with E-state index < -0.39 is 5.60 Å². The van der Waals surface area contributed by atoms with Gasteiger partial charge in [0.2, 0.25) is 0 Å². The average Bonchev–Trinajstić information content (AvgIpc) is 2.57. The van der Waals surface area contributed by atoms with E-state index in [0.717, 1.165) is 25.7 Å². The first-order chi connectivity index (χ1) is 7.39. The van der Waals surface area contributed by atoms with Crippen LogP contribution in [0.2, 0.25) is 0 Å². The van der Waals surface area contributed by atoms with Crippen LogP contribution in [0.1, 0.15) is 60.3 Å². The van der Waals surface area contributed by atoms with Crippen LogP contribution >= 0.6 is 0 Å². The molecule has 1 fully saturated rings. The van der Waals surface area contributed by atoms with Gasteiger partial charge in [0.25, 0.3) is 0 Å². The Morgan fingerprint density at radius 2 is 1.62 bits per heavy atom. The van der Waals surface area contributed by atoms with Gasteiger partial charge in [0, 0.05) is 12.1 Å². The molecule has 0 aromatic heterocycles. The fraction of sp³-hybridized carbons (Fsp3) is 0.923. The highest BCUT2D eigenvalue weighted by Crippen LogP contribution is 2.29. The molecule has 1 amide bonds. The molecule has 1 heterocycles. The number of hydrogen-bond acceptors (Lipinski definition) is 2. The smallest absolute Gasteiger partial charge is 0.410 e. The van der Waals surface area contributed by atoms with Crippen molar-refractivity contribution in [1.82, 2.24) is 4.90 Å². The summed E-state index contributed by atoms with van der Waals surface area (Å²) in [6.45, 7) is 10.0. The molecule has 0 aromatic carbocycles. The van der Waals surface area contributed by atoms with Gasteiger partial charge in [-0.05, 0) is 46.5 Å². The maximum atomic E-state index is 12.1. The molecule has 0 aromatic rings. The summed E-state index contributed by atoms with van der Waals surface area (Å²) in [5.41, 5.74) is -0.393. The number of carbonyl (C=O) groups excluding carboxylic acids is 1. The van der Waals surface area contributed by atoms with Crippen molar-refractivity contribution in [2.45, 2.75) is 78.0 Å². The lowest BCUT2D eigenvalue weighted by Crippen LogP contribution is -2.43. The van der Waals surface area contributed by atoms with Crippen molar-refractivity contribution in [3.8, 4) is 0 Å². The van der Waals surface area contributed by atoms with E-state index in [2.05, 4.69) is 13.8 Å². The van der Waals surface area contributed by atoms with Crippen LogP contribution in [-0.4, -0.2) is 28.7 Å². The van der Waals surface area contributed by atoms with Crippen LogP contribution < -0.4 is 0 Å². The molecule has 16 heavy (non-hydrogen) atoms. The molecular formula is C13H25NO2. The van der Waals surface area contributed by atoms with E-state index in [4.69, 9.17) is 4.74 Å². The summed E-state index contributed by atoms with van der Waals surface area (Å²) in [6.07, 6.45) is 4.15. The Morgan fingerprint density at radius 1 is 1.19 bits per heavy atom. The highest BCUT2D eigenvalue weighted by atomic mass is 16.6. The molecule has 1 aliphatic heterocycles. The molecule has 0 spiro atoms. The minimum atomic E-state index is -0.393. The van der Waals surface area contributed by atoms with Crippen LogP contribution in [0.5, 0.6) is 0 Å². The van der Waals surface area contributed by atoms with Crippen LogP contribution in [0.3, 0.4) is 0 Å². The summed E-state index contributed by atoms with van der Waals surface area (Å²) in [5, 5.41) is 0. The molecule has 94 valence electrons. The van der Waals surface area contributed by atoms with Gasteiger partial charge in [-0.15, -0.1) is 0 Å². The normalized spacial score (nSPS) is 25.9. The molecule has 0 bridgehead atoms. The molecule has 2 atom stereocenters. The van der Waals surface area contributed by atoms with Gasteiger partial charge in [0.05, 0.1) is 0 Å². The van der Waals surface area contributed by atoms with Crippen LogP contribution in [0, 0.1) is 0 Å². The van der Waals surface area contributed by atoms with Crippen LogP contribution in [-0.2, 0) is 4.74 Å². The fourth-order valence-electron chi connectivity index (χ4n) is 2.38. The van der Waals surface area contributed by atoms with E-state index in [0.29, 0.717) is 12.1 Å². The number of rotatable bonds is 2. The summed E-state index contributed by atoms with van der Waals surface area (Å²) in [6, 6.07) is 0.750. The van der Waals surface area contributed by atoms with Gasteiger partial charge in [-0.3, -0.25) is 0 Å². The van der Waals surface area contributed by atoms with E-state index in [-0.39, 0.29) is 6.09 Å².